The van der Waals surface area contributed by atoms with Crippen LogP contribution in [0.15, 0.2) is 64.0 Å². The molecule has 2 aromatic carbocycles. The van der Waals surface area contributed by atoms with Crippen LogP contribution in [-0.2, 0) is 19.6 Å². The smallest absolute Gasteiger partial charge is 0.335 e. The summed E-state index contributed by atoms with van der Waals surface area (Å²) in [6.07, 6.45) is 0. The summed E-state index contributed by atoms with van der Waals surface area (Å²) >= 11 is 3.39. The minimum atomic E-state index is -3.93. The predicted molar refractivity (Wildman–Crippen MR) is 106 cm³/mol. The van der Waals surface area contributed by atoms with Gasteiger partial charge >= 0.3 is 5.97 Å². The van der Waals surface area contributed by atoms with Crippen molar-refractivity contribution in [3.8, 4) is 5.75 Å². The number of methoxy groups -OCH3 is 2. The van der Waals surface area contributed by atoms with Crippen molar-refractivity contribution in [1.29, 1.82) is 0 Å². The molecular formula is C19H20BrNO5S. The van der Waals surface area contributed by atoms with Gasteiger partial charge in [0.25, 0.3) is 0 Å². The largest absolute Gasteiger partial charge is 0.497 e. The molecule has 0 heterocycles. The first-order chi connectivity index (χ1) is 12.7. The minimum absolute atomic E-state index is 0.0536. The molecule has 0 saturated carbocycles. The van der Waals surface area contributed by atoms with Crippen molar-refractivity contribution in [2.75, 3.05) is 14.2 Å². The summed E-state index contributed by atoms with van der Waals surface area (Å²) < 4.78 is 38.8. The van der Waals surface area contributed by atoms with Crippen molar-refractivity contribution < 1.29 is 22.7 Å². The SMILES string of the molecule is C=C(C(=O)OC)C(NS(=O)(=O)c1ccc(C)cc1)c1cc(OC)ccc1Br. The summed E-state index contributed by atoms with van der Waals surface area (Å²) in [5.74, 6) is -0.216. The molecule has 1 unspecified atom stereocenters. The number of sulfonamides is 1. The molecule has 27 heavy (non-hydrogen) atoms. The first-order valence-corrected chi connectivity index (χ1v) is 10.2. The summed E-state index contributed by atoms with van der Waals surface area (Å²) in [4.78, 5) is 12.1. The van der Waals surface area contributed by atoms with E-state index in [1.807, 2.05) is 6.92 Å². The first kappa shape index (κ1) is 21.1. The molecular weight excluding hydrogens is 434 g/mol. The van der Waals surface area contributed by atoms with Gasteiger partial charge < -0.3 is 9.47 Å². The van der Waals surface area contributed by atoms with Gasteiger partial charge in [0.05, 0.1) is 30.7 Å². The second kappa shape index (κ2) is 8.69. The van der Waals surface area contributed by atoms with Gasteiger partial charge in [0.15, 0.2) is 0 Å². The van der Waals surface area contributed by atoms with Gasteiger partial charge in [-0.05, 0) is 42.8 Å². The normalized spacial score (nSPS) is 12.3. The average Bonchev–Trinajstić information content (AvgIpc) is 2.66. The van der Waals surface area contributed by atoms with E-state index in [9.17, 15) is 13.2 Å². The highest BCUT2D eigenvalue weighted by Crippen LogP contribution is 2.33. The van der Waals surface area contributed by atoms with Crippen molar-refractivity contribution in [2.45, 2.75) is 17.9 Å². The maximum atomic E-state index is 12.9. The van der Waals surface area contributed by atoms with E-state index >= 15 is 0 Å². The van der Waals surface area contributed by atoms with Crippen molar-refractivity contribution >= 4 is 31.9 Å². The molecule has 0 aliphatic carbocycles. The first-order valence-electron chi connectivity index (χ1n) is 7.89. The summed E-state index contributed by atoms with van der Waals surface area (Å²) in [7, 11) is -1.23. The Hall–Kier alpha value is -2.16. The molecule has 0 radical (unpaired) electrons. The van der Waals surface area contributed by atoms with Crippen molar-refractivity contribution in [1.82, 2.24) is 4.72 Å². The van der Waals surface area contributed by atoms with Crippen LogP contribution in [0.25, 0.3) is 0 Å². The molecule has 0 spiro atoms. The number of esters is 1. The van der Waals surface area contributed by atoms with Crippen LogP contribution in [0, 0.1) is 6.92 Å². The summed E-state index contributed by atoms with van der Waals surface area (Å²) in [5.41, 5.74) is 1.35. The lowest BCUT2D eigenvalue weighted by Crippen LogP contribution is -2.32. The van der Waals surface area contributed by atoms with E-state index in [2.05, 4.69) is 27.2 Å². The third-order valence-electron chi connectivity index (χ3n) is 3.91. The Morgan fingerprint density at radius 1 is 1.15 bits per heavy atom. The summed E-state index contributed by atoms with van der Waals surface area (Å²) in [5, 5.41) is 0. The van der Waals surface area contributed by atoms with Crippen LogP contribution in [0.3, 0.4) is 0 Å². The minimum Gasteiger partial charge on any atom is -0.497 e. The number of aryl methyl sites for hydroxylation is 1. The highest BCUT2D eigenvalue weighted by Gasteiger charge is 2.29. The lowest BCUT2D eigenvalue weighted by Gasteiger charge is -2.22. The molecule has 1 atom stereocenters. The van der Waals surface area contributed by atoms with E-state index < -0.39 is 22.0 Å². The number of nitrogens with one attached hydrogen (secondary N) is 1. The highest BCUT2D eigenvalue weighted by molar-refractivity contribution is 9.10. The maximum absolute atomic E-state index is 12.9. The molecule has 6 nitrogen and oxygen atoms in total. The molecule has 0 amide bonds. The Balaban J connectivity index is 2.52. The lowest BCUT2D eigenvalue weighted by molar-refractivity contribution is -0.136. The van der Waals surface area contributed by atoms with Crippen LogP contribution in [0.1, 0.15) is 17.2 Å². The monoisotopic (exact) mass is 453 g/mol. The zero-order chi connectivity index (χ0) is 20.2. The van der Waals surface area contributed by atoms with Crippen molar-refractivity contribution in [3.63, 3.8) is 0 Å². The second-order valence-electron chi connectivity index (χ2n) is 5.77. The number of halogens is 1. The van der Waals surface area contributed by atoms with E-state index in [1.165, 1.54) is 26.4 Å². The standard InChI is InChI=1S/C19H20BrNO5S/c1-12-5-8-15(9-6-12)27(23,24)21-18(13(2)19(22)26-4)16-11-14(25-3)7-10-17(16)20/h5-11,18,21H,2H2,1,3-4H3. The fraction of sp³-hybridized carbons (Fsp3) is 0.211. The number of benzene rings is 2. The second-order valence-corrected chi connectivity index (χ2v) is 8.34. The van der Waals surface area contributed by atoms with E-state index in [0.717, 1.165) is 5.56 Å². The van der Waals surface area contributed by atoms with Gasteiger partial charge in [0.1, 0.15) is 5.75 Å². The van der Waals surface area contributed by atoms with Gasteiger partial charge in [-0.15, -0.1) is 0 Å². The molecule has 2 aromatic rings. The maximum Gasteiger partial charge on any atom is 0.335 e. The van der Waals surface area contributed by atoms with Gasteiger partial charge in [-0.2, -0.15) is 4.72 Å². The van der Waals surface area contributed by atoms with Gasteiger partial charge in [-0.25, -0.2) is 13.2 Å². The quantitative estimate of drug-likeness (QED) is 0.512. The fourth-order valence-corrected chi connectivity index (χ4v) is 4.07. The van der Waals surface area contributed by atoms with E-state index in [1.54, 1.807) is 30.3 Å². The van der Waals surface area contributed by atoms with E-state index in [-0.39, 0.29) is 10.5 Å². The molecule has 0 bridgehead atoms. The van der Waals surface area contributed by atoms with Gasteiger partial charge in [0.2, 0.25) is 10.0 Å². The van der Waals surface area contributed by atoms with Gasteiger partial charge in [-0.1, -0.05) is 40.2 Å². The molecule has 0 saturated heterocycles. The average molecular weight is 454 g/mol. The number of carbonyl (C=O) groups is 1. The Labute approximate surface area is 167 Å². The fourth-order valence-electron chi connectivity index (χ4n) is 2.38. The molecule has 1 N–H and O–H groups in total. The Bertz CT molecular complexity index is 955. The van der Waals surface area contributed by atoms with Crippen molar-refractivity contribution in [3.05, 3.63) is 70.2 Å². The zero-order valence-electron chi connectivity index (χ0n) is 15.2. The van der Waals surface area contributed by atoms with Crippen LogP contribution in [0.4, 0.5) is 0 Å². The van der Waals surface area contributed by atoms with Crippen LogP contribution in [0.5, 0.6) is 5.75 Å². The van der Waals surface area contributed by atoms with Crippen LogP contribution < -0.4 is 9.46 Å². The molecule has 0 aromatic heterocycles. The molecule has 0 aliphatic rings. The lowest BCUT2D eigenvalue weighted by atomic mass is 10.0. The Morgan fingerprint density at radius 2 is 1.78 bits per heavy atom. The molecule has 0 aliphatic heterocycles. The number of hydrogen-bond donors (Lipinski definition) is 1. The zero-order valence-corrected chi connectivity index (χ0v) is 17.6. The topological polar surface area (TPSA) is 81.7 Å². The highest BCUT2D eigenvalue weighted by atomic mass is 79.9. The van der Waals surface area contributed by atoms with Crippen LogP contribution in [0.2, 0.25) is 0 Å². The number of ether oxygens (including phenoxy) is 2. The third-order valence-corrected chi connectivity index (χ3v) is 6.08. The summed E-state index contributed by atoms with van der Waals surface area (Å²) in [6.45, 7) is 5.59. The van der Waals surface area contributed by atoms with Crippen molar-refractivity contribution in [2.24, 2.45) is 0 Å². The van der Waals surface area contributed by atoms with E-state index in [4.69, 9.17) is 9.47 Å². The summed E-state index contributed by atoms with van der Waals surface area (Å²) in [6, 6.07) is 10.4. The number of rotatable bonds is 7. The molecule has 144 valence electrons. The Kier molecular flexibility index (Phi) is 6.80. The molecule has 2 rings (SSSR count). The van der Waals surface area contributed by atoms with Crippen LogP contribution >= 0.6 is 15.9 Å². The molecule has 8 heteroatoms. The molecule has 0 fully saturated rings. The van der Waals surface area contributed by atoms with Gasteiger partial charge in [0, 0.05) is 4.47 Å². The number of hydrogen-bond acceptors (Lipinski definition) is 5. The Morgan fingerprint density at radius 3 is 2.33 bits per heavy atom. The predicted octanol–water partition coefficient (Wildman–Crippen LogP) is 3.51. The van der Waals surface area contributed by atoms with E-state index in [0.29, 0.717) is 15.8 Å². The third kappa shape index (κ3) is 4.97. The van der Waals surface area contributed by atoms with Crippen LogP contribution in [-0.4, -0.2) is 28.6 Å². The van der Waals surface area contributed by atoms with Gasteiger partial charge in [-0.3, -0.25) is 0 Å². The number of carbonyl (C=O) groups excluding carboxylic acids is 1.